The van der Waals surface area contributed by atoms with E-state index in [1.165, 1.54) is 5.32 Å². The van der Waals surface area contributed by atoms with E-state index in [1.807, 2.05) is 0 Å². The molecule has 208 valence electrons. The summed E-state index contributed by atoms with van der Waals surface area (Å²) in [5.41, 5.74) is -4.62. The average molecular weight is 582 g/mol. The summed E-state index contributed by atoms with van der Waals surface area (Å²) >= 11 is 5.43. The first-order valence-corrected chi connectivity index (χ1v) is 10.6. The number of nitrogens with one attached hydrogen (secondary N) is 1. The Balaban J connectivity index is 2.38. The zero-order valence-electron chi connectivity index (χ0n) is 18.6. The monoisotopic (exact) mass is 581 g/mol. The highest BCUT2D eigenvalue weighted by atomic mass is 35.5. The van der Waals surface area contributed by atoms with Crippen molar-refractivity contribution in [3.63, 3.8) is 0 Å². The molecule has 0 radical (unpaired) electrons. The Hall–Kier alpha value is -3.16. The molecule has 0 bridgehead atoms. The van der Waals surface area contributed by atoms with E-state index in [4.69, 9.17) is 11.6 Å². The molecule has 0 heterocycles. The van der Waals surface area contributed by atoms with E-state index in [0.717, 1.165) is 12.1 Å². The molecule has 1 unspecified atom stereocenters. The summed E-state index contributed by atoms with van der Waals surface area (Å²) in [5.74, 6) is -8.41. The van der Waals surface area contributed by atoms with Crippen LogP contribution in [0.25, 0.3) is 5.83 Å². The molecule has 0 saturated carbocycles. The third kappa shape index (κ3) is 8.71. The predicted molar refractivity (Wildman–Crippen MR) is 113 cm³/mol. The molecule has 1 N–H and O–H groups in total. The summed E-state index contributed by atoms with van der Waals surface area (Å²) in [7, 11) is 0. The van der Waals surface area contributed by atoms with Gasteiger partial charge in [-0.25, -0.2) is 8.78 Å². The second-order valence-corrected chi connectivity index (χ2v) is 8.19. The fraction of sp³-hybridized carbons (Fsp3) is 0.304. The summed E-state index contributed by atoms with van der Waals surface area (Å²) in [6.07, 6.45) is -17.2. The van der Waals surface area contributed by atoms with Gasteiger partial charge in [0.1, 0.15) is 24.1 Å². The highest BCUT2D eigenvalue weighted by Gasteiger charge is 2.41. The minimum absolute atomic E-state index is 0.0681. The maximum atomic E-state index is 14.8. The van der Waals surface area contributed by atoms with Gasteiger partial charge in [0, 0.05) is 24.0 Å². The minimum Gasteiger partial charge on any atom is -0.347 e. The molecule has 2 aromatic carbocycles. The lowest BCUT2D eigenvalue weighted by Crippen LogP contribution is -2.33. The van der Waals surface area contributed by atoms with Gasteiger partial charge in [-0.05, 0) is 29.8 Å². The first kappa shape index (κ1) is 31.1. The number of allylic oxidation sites excluding steroid dienone is 1. The van der Waals surface area contributed by atoms with E-state index in [2.05, 4.69) is 0 Å². The molecular weight excluding hydrogens is 567 g/mol. The fourth-order valence-electron chi connectivity index (χ4n) is 3.15. The molecule has 15 heteroatoms. The number of amides is 1. The van der Waals surface area contributed by atoms with Crippen molar-refractivity contribution in [3.05, 3.63) is 75.6 Å². The smallest absolute Gasteiger partial charge is 0.347 e. The molecule has 1 atom stereocenters. The van der Waals surface area contributed by atoms with Crippen molar-refractivity contribution in [1.29, 1.82) is 0 Å². The molecule has 0 fully saturated rings. The number of carbonyl (C=O) groups excluding carboxylic acids is 2. The van der Waals surface area contributed by atoms with Gasteiger partial charge in [0.25, 0.3) is 0 Å². The molecule has 0 aliphatic heterocycles. The summed E-state index contributed by atoms with van der Waals surface area (Å²) in [6.45, 7) is -1.73. The van der Waals surface area contributed by atoms with Crippen molar-refractivity contribution in [2.45, 2.75) is 37.3 Å². The van der Waals surface area contributed by atoms with Gasteiger partial charge in [-0.15, -0.1) is 0 Å². The Labute approximate surface area is 212 Å². The van der Waals surface area contributed by atoms with Crippen molar-refractivity contribution in [2.24, 2.45) is 0 Å². The third-order valence-electron chi connectivity index (χ3n) is 4.93. The summed E-state index contributed by atoms with van der Waals surface area (Å²) in [5, 5.41) is 0.909. The molecule has 2 rings (SSSR count). The first-order chi connectivity index (χ1) is 17.3. The first-order valence-electron chi connectivity index (χ1n) is 10.3. The van der Waals surface area contributed by atoms with E-state index in [1.54, 1.807) is 0 Å². The Bertz CT molecular complexity index is 1220. The number of rotatable bonds is 8. The molecule has 0 saturated heterocycles. The number of hydrogen-bond acceptors (Lipinski definition) is 2. The maximum Gasteiger partial charge on any atom is 0.417 e. The molecule has 0 aliphatic rings. The van der Waals surface area contributed by atoms with E-state index >= 15 is 0 Å². The lowest BCUT2D eigenvalue weighted by Gasteiger charge is -2.18. The molecule has 2 aromatic rings. The highest BCUT2D eigenvalue weighted by molar-refractivity contribution is 6.30. The topological polar surface area (TPSA) is 46.2 Å². The summed E-state index contributed by atoms with van der Waals surface area (Å²) < 4.78 is 146. The number of benzene rings is 2. The van der Waals surface area contributed by atoms with Crippen LogP contribution in [0.15, 0.2) is 42.5 Å². The van der Waals surface area contributed by atoms with Gasteiger partial charge in [-0.3, -0.25) is 9.59 Å². The van der Waals surface area contributed by atoms with Gasteiger partial charge in [-0.2, -0.15) is 39.5 Å². The van der Waals surface area contributed by atoms with Crippen molar-refractivity contribution in [3.8, 4) is 0 Å². The van der Waals surface area contributed by atoms with Crippen LogP contribution in [0.3, 0.4) is 0 Å². The van der Waals surface area contributed by atoms with Crippen LogP contribution in [0.1, 0.15) is 45.8 Å². The number of carbonyl (C=O) groups is 2. The third-order valence-corrected chi connectivity index (χ3v) is 5.24. The van der Waals surface area contributed by atoms with E-state index in [-0.39, 0.29) is 12.1 Å². The Morgan fingerprint density at radius 1 is 0.921 bits per heavy atom. The summed E-state index contributed by atoms with van der Waals surface area (Å²) in [6, 6.07) is 3.03. The van der Waals surface area contributed by atoms with Gasteiger partial charge in [0.2, 0.25) is 5.91 Å². The van der Waals surface area contributed by atoms with Crippen molar-refractivity contribution in [1.82, 2.24) is 5.32 Å². The van der Waals surface area contributed by atoms with Crippen molar-refractivity contribution >= 4 is 29.1 Å². The van der Waals surface area contributed by atoms with Crippen LogP contribution in [0.5, 0.6) is 0 Å². The van der Waals surface area contributed by atoms with Crippen LogP contribution in [-0.2, 0) is 11.0 Å². The van der Waals surface area contributed by atoms with Gasteiger partial charge >= 0.3 is 18.5 Å². The molecule has 0 aromatic heterocycles. The van der Waals surface area contributed by atoms with Gasteiger partial charge in [-0.1, -0.05) is 29.8 Å². The largest absolute Gasteiger partial charge is 0.417 e. The SMILES string of the molecule is O=C(CCC(=O)c1ccc(/C(F)=C/C(c2ccc(Cl)c(F)c2)C(F)(F)F)cc1C(F)(F)F)NCC(F)(F)F. The maximum absolute atomic E-state index is 14.8. The highest BCUT2D eigenvalue weighted by Crippen LogP contribution is 2.40. The predicted octanol–water partition coefficient (Wildman–Crippen LogP) is 7.80. The zero-order valence-corrected chi connectivity index (χ0v) is 19.3. The Morgan fingerprint density at radius 2 is 1.55 bits per heavy atom. The van der Waals surface area contributed by atoms with Gasteiger partial charge in [0.15, 0.2) is 5.78 Å². The Kier molecular flexibility index (Phi) is 9.57. The second-order valence-electron chi connectivity index (χ2n) is 7.78. The number of Topliss-reactive ketones (excluding diaryl/α,β-unsaturated/α-hetero) is 1. The number of hydrogen-bond donors (Lipinski definition) is 1. The molecule has 0 aliphatic carbocycles. The van der Waals surface area contributed by atoms with Gasteiger partial charge in [0.05, 0.1) is 10.6 Å². The standard InChI is InChI=1S/C23H15ClF11NO2/c24-16-4-2-11(8-18(16)26)14(22(30,31)32)9-17(25)12-1-3-13(15(7-12)23(33,34)35)19(37)5-6-20(38)36-10-21(27,28)29/h1-4,7-9,14H,5-6,10H2,(H,36,38)/b17-9-. The lowest BCUT2D eigenvalue weighted by molar-refractivity contribution is -0.140. The molecule has 38 heavy (non-hydrogen) atoms. The van der Waals surface area contributed by atoms with Crippen LogP contribution < -0.4 is 5.32 Å². The molecule has 0 spiro atoms. The normalized spacial score (nSPS) is 13.8. The van der Waals surface area contributed by atoms with Crippen LogP contribution in [0.2, 0.25) is 5.02 Å². The zero-order chi connectivity index (χ0) is 29.1. The van der Waals surface area contributed by atoms with Gasteiger partial charge < -0.3 is 5.32 Å². The van der Waals surface area contributed by atoms with Crippen LogP contribution in [0, 0.1) is 5.82 Å². The molecular formula is C23H15ClF11NO2. The Morgan fingerprint density at radius 3 is 2.08 bits per heavy atom. The number of ketones is 1. The van der Waals surface area contributed by atoms with Crippen LogP contribution in [-0.4, -0.2) is 30.6 Å². The van der Waals surface area contributed by atoms with E-state index in [9.17, 15) is 57.9 Å². The van der Waals surface area contributed by atoms with E-state index < -0.39 is 94.4 Å². The second kappa shape index (κ2) is 11.7. The summed E-state index contributed by atoms with van der Waals surface area (Å²) in [4.78, 5) is 23.7. The van der Waals surface area contributed by atoms with E-state index in [0.29, 0.717) is 18.2 Å². The molecule has 1 amide bonds. The fourth-order valence-corrected chi connectivity index (χ4v) is 3.27. The van der Waals surface area contributed by atoms with Crippen LogP contribution >= 0.6 is 11.6 Å². The quantitative estimate of drug-likeness (QED) is 0.255. The van der Waals surface area contributed by atoms with Crippen LogP contribution in [0.4, 0.5) is 48.3 Å². The minimum atomic E-state index is -5.30. The lowest BCUT2D eigenvalue weighted by atomic mass is 9.94. The number of alkyl halides is 9. The van der Waals surface area contributed by atoms with Crippen molar-refractivity contribution < 1.29 is 57.9 Å². The number of halogens is 12. The molecule has 3 nitrogen and oxygen atoms in total. The van der Waals surface area contributed by atoms with Crippen molar-refractivity contribution in [2.75, 3.05) is 6.54 Å². The average Bonchev–Trinajstić information content (AvgIpc) is 2.79.